The summed E-state index contributed by atoms with van der Waals surface area (Å²) in [5.41, 5.74) is 7.96. The number of anilines is 1. The van der Waals surface area contributed by atoms with E-state index in [0.717, 1.165) is 10.9 Å². The summed E-state index contributed by atoms with van der Waals surface area (Å²) in [5.74, 6) is 0. The highest BCUT2D eigenvalue weighted by atomic mass is 32.1. The molecule has 0 atom stereocenters. The average Bonchev–Trinajstić information content (AvgIpc) is 2.91. The zero-order valence-electron chi connectivity index (χ0n) is 10.9. The van der Waals surface area contributed by atoms with Crippen molar-refractivity contribution in [2.75, 3.05) is 5.32 Å². The average molecular weight is 270 g/mol. The maximum Gasteiger partial charge on any atom is 0.104 e. The van der Waals surface area contributed by atoms with Crippen LogP contribution in [0.5, 0.6) is 0 Å². The minimum absolute atomic E-state index is 0.462. The van der Waals surface area contributed by atoms with Gasteiger partial charge in [-0.1, -0.05) is 49.3 Å². The molecule has 0 spiro atoms. The molecule has 19 heavy (non-hydrogen) atoms. The summed E-state index contributed by atoms with van der Waals surface area (Å²) in [6, 6.07) is 13.1. The molecule has 0 aromatic heterocycles. The first-order chi connectivity index (χ1) is 9.25. The van der Waals surface area contributed by atoms with E-state index in [4.69, 9.17) is 18.0 Å². The van der Waals surface area contributed by atoms with Gasteiger partial charge >= 0.3 is 0 Å². The summed E-state index contributed by atoms with van der Waals surface area (Å²) >= 11 is 5.13. The molecular weight excluding hydrogens is 252 g/mol. The number of hydrogen-bond acceptors (Lipinski definition) is 2. The van der Waals surface area contributed by atoms with Crippen LogP contribution in [0.2, 0.25) is 0 Å². The molecule has 2 aromatic rings. The number of hydrogen-bond donors (Lipinski definition) is 2. The van der Waals surface area contributed by atoms with Crippen molar-refractivity contribution in [3.05, 3.63) is 42.0 Å². The third-order valence-corrected chi connectivity index (χ3v) is 4.12. The van der Waals surface area contributed by atoms with Crippen LogP contribution in [0.25, 0.3) is 10.8 Å². The third-order valence-electron chi connectivity index (χ3n) is 3.90. The van der Waals surface area contributed by atoms with Crippen molar-refractivity contribution in [2.24, 2.45) is 5.73 Å². The zero-order chi connectivity index (χ0) is 13.2. The molecule has 0 unspecified atom stereocenters. The number of fused-ring (bicyclic) bond motifs is 1. The van der Waals surface area contributed by atoms with Crippen molar-refractivity contribution in [1.82, 2.24) is 0 Å². The second kappa shape index (κ2) is 5.17. The fourth-order valence-corrected chi connectivity index (χ4v) is 3.11. The maximum absolute atomic E-state index is 5.80. The molecule has 1 aliphatic rings. The Hall–Kier alpha value is -1.61. The van der Waals surface area contributed by atoms with Crippen LogP contribution in [0, 0.1) is 0 Å². The van der Waals surface area contributed by atoms with Crippen LogP contribution in [-0.4, -0.2) is 11.0 Å². The SMILES string of the molecule is NC(=S)c1ccc(NC2CCCC2)c2ccccc12. The van der Waals surface area contributed by atoms with Gasteiger partial charge in [-0.05, 0) is 30.4 Å². The second-order valence-corrected chi connectivity index (χ2v) is 5.64. The van der Waals surface area contributed by atoms with Crippen molar-refractivity contribution < 1.29 is 0 Å². The van der Waals surface area contributed by atoms with Crippen molar-refractivity contribution >= 4 is 33.7 Å². The molecule has 0 aliphatic heterocycles. The lowest BCUT2D eigenvalue weighted by molar-refractivity contribution is 0.757. The molecule has 1 saturated carbocycles. The van der Waals surface area contributed by atoms with Crippen molar-refractivity contribution in [2.45, 2.75) is 31.7 Å². The monoisotopic (exact) mass is 270 g/mol. The van der Waals surface area contributed by atoms with E-state index in [2.05, 4.69) is 29.6 Å². The van der Waals surface area contributed by atoms with Crippen LogP contribution in [-0.2, 0) is 0 Å². The molecule has 3 heteroatoms. The molecule has 0 amide bonds. The van der Waals surface area contributed by atoms with E-state index in [9.17, 15) is 0 Å². The smallest absolute Gasteiger partial charge is 0.104 e. The van der Waals surface area contributed by atoms with E-state index in [1.807, 2.05) is 12.1 Å². The first-order valence-electron chi connectivity index (χ1n) is 6.84. The van der Waals surface area contributed by atoms with Crippen LogP contribution >= 0.6 is 12.2 Å². The lowest BCUT2D eigenvalue weighted by atomic mass is 10.0. The van der Waals surface area contributed by atoms with Crippen LogP contribution < -0.4 is 11.1 Å². The Balaban J connectivity index is 2.05. The Kier molecular flexibility index (Phi) is 3.38. The number of thiocarbonyl (C=S) groups is 1. The largest absolute Gasteiger partial charge is 0.389 e. The van der Waals surface area contributed by atoms with Crippen LogP contribution in [0.4, 0.5) is 5.69 Å². The fourth-order valence-electron chi connectivity index (χ4n) is 2.93. The molecule has 1 aliphatic carbocycles. The van der Waals surface area contributed by atoms with Crippen LogP contribution in [0.1, 0.15) is 31.2 Å². The number of nitrogens with one attached hydrogen (secondary N) is 1. The van der Waals surface area contributed by atoms with Crippen molar-refractivity contribution in [3.8, 4) is 0 Å². The molecule has 0 heterocycles. The first-order valence-corrected chi connectivity index (χ1v) is 7.24. The molecular formula is C16H18N2S. The molecule has 1 fully saturated rings. The summed E-state index contributed by atoms with van der Waals surface area (Å²) in [6.07, 6.45) is 5.21. The van der Waals surface area contributed by atoms with Gasteiger partial charge in [0, 0.05) is 22.7 Å². The number of rotatable bonds is 3. The summed E-state index contributed by atoms with van der Waals surface area (Å²) in [7, 11) is 0. The van der Waals surface area contributed by atoms with E-state index in [0.29, 0.717) is 11.0 Å². The predicted molar refractivity (Wildman–Crippen MR) is 85.7 cm³/mol. The first kappa shape index (κ1) is 12.4. The molecule has 3 N–H and O–H groups in total. The minimum atomic E-state index is 0.462. The number of benzene rings is 2. The lowest BCUT2D eigenvalue weighted by Crippen LogP contribution is -2.15. The Bertz CT molecular complexity index is 615. The summed E-state index contributed by atoms with van der Waals surface area (Å²) in [5, 5.41) is 6.01. The highest BCUT2D eigenvalue weighted by Crippen LogP contribution is 2.30. The van der Waals surface area contributed by atoms with Crippen molar-refractivity contribution in [1.29, 1.82) is 0 Å². The summed E-state index contributed by atoms with van der Waals surface area (Å²) in [6.45, 7) is 0. The molecule has 3 rings (SSSR count). The quantitative estimate of drug-likeness (QED) is 0.832. The van der Waals surface area contributed by atoms with Gasteiger partial charge in [-0.15, -0.1) is 0 Å². The van der Waals surface area contributed by atoms with Crippen molar-refractivity contribution in [3.63, 3.8) is 0 Å². The molecule has 0 saturated heterocycles. The Morgan fingerprint density at radius 3 is 2.42 bits per heavy atom. The van der Waals surface area contributed by atoms with Gasteiger partial charge in [-0.2, -0.15) is 0 Å². The van der Waals surface area contributed by atoms with Gasteiger partial charge in [0.05, 0.1) is 0 Å². The van der Waals surface area contributed by atoms with Gasteiger partial charge in [-0.3, -0.25) is 0 Å². The molecule has 2 aromatic carbocycles. The Morgan fingerprint density at radius 1 is 1.05 bits per heavy atom. The summed E-state index contributed by atoms with van der Waals surface area (Å²) < 4.78 is 0. The van der Waals surface area contributed by atoms with Gasteiger partial charge in [0.25, 0.3) is 0 Å². The van der Waals surface area contributed by atoms with Gasteiger partial charge in [0.2, 0.25) is 0 Å². The topological polar surface area (TPSA) is 38.0 Å². The van der Waals surface area contributed by atoms with E-state index in [1.165, 1.54) is 36.8 Å². The van der Waals surface area contributed by atoms with Gasteiger partial charge in [0.15, 0.2) is 0 Å². The van der Waals surface area contributed by atoms with Gasteiger partial charge in [0.1, 0.15) is 4.99 Å². The summed E-state index contributed by atoms with van der Waals surface area (Å²) in [4.78, 5) is 0.462. The molecule has 2 nitrogen and oxygen atoms in total. The fraction of sp³-hybridized carbons (Fsp3) is 0.312. The highest BCUT2D eigenvalue weighted by molar-refractivity contribution is 7.80. The maximum atomic E-state index is 5.80. The third kappa shape index (κ3) is 2.43. The van der Waals surface area contributed by atoms with Gasteiger partial charge < -0.3 is 11.1 Å². The van der Waals surface area contributed by atoms with Crippen LogP contribution in [0.3, 0.4) is 0 Å². The highest BCUT2D eigenvalue weighted by Gasteiger charge is 2.16. The van der Waals surface area contributed by atoms with E-state index in [-0.39, 0.29) is 0 Å². The molecule has 0 radical (unpaired) electrons. The predicted octanol–water partition coefficient (Wildman–Crippen LogP) is 3.83. The minimum Gasteiger partial charge on any atom is -0.389 e. The second-order valence-electron chi connectivity index (χ2n) is 5.20. The standard InChI is InChI=1S/C16H18N2S/c17-16(19)14-9-10-15(18-11-5-1-2-6-11)13-8-4-3-7-12(13)14/h3-4,7-11,18H,1-2,5-6H2,(H2,17,19). The van der Waals surface area contributed by atoms with E-state index in [1.54, 1.807) is 0 Å². The normalized spacial score (nSPS) is 15.8. The van der Waals surface area contributed by atoms with Crippen LogP contribution in [0.15, 0.2) is 36.4 Å². The Labute approximate surface area is 119 Å². The molecule has 0 bridgehead atoms. The lowest BCUT2D eigenvalue weighted by Gasteiger charge is -2.17. The van der Waals surface area contributed by atoms with E-state index >= 15 is 0 Å². The van der Waals surface area contributed by atoms with Gasteiger partial charge in [-0.25, -0.2) is 0 Å². The Morgan fingerprint density at radius 2 is 1.74 bits per heavy atom. The van der Waals surface area contributed by atoms with E-state index < -0.39 is 0 Å². The number of nitrogens with two attached hydrogens (primary N) is 1. The molecule has 98 valence electrons. The zero-order valence-corrected chi connectivity index (χ0v) is 11.7.